The maximum Gasteiger partial charge on any atom is 0.293 e. The molecule has 8 nitrogen and oxygen atoms in total. The second-order valence-electron chi connectivity index (χ2n) is 7.73. The number of benzene rings is 2. The van der Waals surface area contributed by atoms with Crippen molar-refractivity contribution in [3.8, 4) is 0 Å². The lowest BCUT2D eigenvalue weighted by molar-refractivity contribution is -0.384. The van der Waals surface area contributed by atoms with Gasteiger partial charge in [0.15, 0.2) is 0 Å². The predicted octanol–water partition coefficient (Wildman–Crippen LogP) is 3.54. The zero-order valence-corrected chi connectivity index (χ0v) is 17.8. The lowest BCUT2D eigenvalue weighted by Crippen LogP contribution is -2.38. The number of nitro benzene ring substituents is 1. The summed E-state index contributed by atoms with van der Waals surface area (Å²) < 4.78 is 0. The summed E-state index contributed by atoms with van der Waals surface area (Å²) in [4.78, 5) is 37.8. The molecular weight excluding hydrogens is 416 g/mol. The number of anilines is 2. The molecule has 0 spiro atoms. The molecule has 2 N–H and O–H groups in total. The molecule has 4 rings (SSSR count). The molecule has 1 saturated heterocycles. The minimum absolute atomic E-state index is 0.107. The van der Waals surface area contributed by atoms with Gasteiger partial charge in [0.05, 0.1) is 11.3 Å². The SMILES string of the molecule is O=C(Nc1ccc(CC(=O)N2CCSCC2)cc1)c1ccc(NC2CC2)c([N+](=O)[O-])c1. The average molecular weight is 441 g/mol. The molecule has 9 heteroatoms. The number of carbonyl (C=O) groups is 2. The van der Waals surface area contributed by atoms with Crippen molar-refractivity contribution in [1.82, 2.24) is 4.90 Å². The van der Waals surface area contributed by atoms with Crippen LogP contribution in [0.5, 0.6) is 0 Å². The third-order valence-corrected chi connectivity index (χ3v) is 6.27. The van der Waals surface area contributed by atoms with E-state index in [1.165, 1.54) is 6.07 Å². The van der Waals surface area contributed by atoms with Gasteiger partial charge in [-0.3, -0.25) is 19.7 Å². The predicted molar refractivity (Wildman–Crippen MR) is 122 cm³/mol. The van der Waals surface area contributed by atoms with Crippen molar-refractivity contribution in [3.05, 3.63) is 63.7 Å². The number of hydrogen-bond donors (Lipinski definition) is 2. The summed E-state index contributed by atoms with van der Waals surface area (Å²) in [6, 6.07) is 11.8. The normalized spacial score (nSPS) is 15.9. The first kappa shape index (κ1) is 21.2. The molecule has 2 aromatic rings. The first-order valence-corrected chi connectivity index (χ1v) is 11.5. The summed E-state index contributed by atoms with van der Waals surface area (Å²) in [6.07, 6.45) is 2.33. The van der Waals surface area contributed by atoms with Crippen molar-refractivity contribution < 1.29 is 14.5 Å². The van der Waals surface area contributed by atoms with Gasteiger partial charge in [-0.05, 0) is 42.7 Å². The Morgan fingerprint density at radius 3 is 2.45 bits per heavy atom. The van der Waals surface area contributed by atoms with Gasteiger partial charge in [0.1, 0.15) is 5.69 Å². The van der Waals surface area contributed by atoms with Gasteiger partial charge in [-0.2, -0.15) is 11.8 Å². The number of rotatable bonds is 7. The maximum absolute atomic E-state index is 12.6. The minimum Gasteiger partial charge on any atom is -0.377 e. The Labute approximate surface area is 184 Å². The van der Waals surface area contributed by atoms with Crippen molar-refractivity contribution in [2.24, 2.45) is 0 Å². The first-order chi connectivity index (χ1) is 15.0. The van der Waals surface area contributed by atoms with Gasteiger partial charge in [-0.25, -0.2) is 0 Å². The standard InChI is InChI=1S/C22H24N4O4S/c27-21(25-9-11-31-12-10-25)13-15-1-4-18(5-2-15)24-22(28)16-3-8-19(23-17-6-7-17)20(14-16)26(29)30/h1-5,8,14,17,23H,6-7,9-13H2,(H,24,28). The van der Waals surface area contributed by atoms with E-state index in [9.17, 15) is 19.7 Å². The fourth-order valence-corrected chi connectivity index (χ4v) is 4.31. The quantitative estimate of drug-likeness (QED) is 0.504. The monoisotopic (exact) mass is 440 g/mol. The summed E-state index contributed by atoms with van der Waals surface area (Å²) in [5, 5.41) is 17.3. The van der Waals surface area contributed by atoms with Gasteiger partial charge in [-0.1, -0.05) is 12.1 Å². The van der Waals surface area contributed by atoms with Crippen molar-refractivity contribution in [2.75, 3.05) is 35.2 Å². The van der Waals surface area contributed by atoms with Gasteiger partial charge >= 0.3 is 0 Å². The van der Waals surface area contributed by atoms with Crippen LogP contribution in [0.1, 0.15) is 28.8 Å². The van der Waals surface area contributed by atoms with E-state index in [4.69, 9.17) is 0 Å². The number of nitrogens with one attached hydrogen (secondary N) is 2. The van der Waals surface area contributed by atoms with Crippen molar-refractivity contribution in [2.45, 2.75) is 25.3 Å². The largest absolute Gasteiger partial charge is 0.377 e. The van der Waals surface area contributed by atoms with Crippen molar-refractivity contribution in [1.29, 1.82) is 0 Å². The number of amides is 2. The van der Waals surface area contributed by atoms with Crippen LogP contribution in [0.4, 0.5) is 17.1 Å². The van der Waals surface area contributed by atoms with E-state index in [2.05, 4.69) is 10.6 Å². The smallest absolute Gasteiger partial charge is 0.293 e. The van der Waals surface area contributed by atoms with Crippen LogP contribution in [0.15, 0.2) is 42.5 Å². The van der Waals surface area contributed by atoms with E-state index in [0.717, 1.165) is 43.0 Å². The summed E-state index contributed by atoms with van der Waals surface area (Å²) in [5.74, 6) is 1.65. The highest BCUT2D eigenvalue weighted by Crippen LogP contribution is 2.31. The Balaban J connectivity index is 1.38. The fraction of sp³-hybridized carbons (Fsp3) is 0.364. The molecule has 0 unspecified atom stereocenters. The van der Waals surface area contributed by atoms with Gasteiger partial charge in [0, 0.05) is 48.0 Å². The molecule has 0 atom stereocenters. The number of nitro groups is 1. The van der Waals surface area contributed by atoms with Crippen molar-refractivity contribution >= 4 is 40.6 Å². The average Bonchev–Trinajstić information content (AvgIpc) is 3.60. The highest BCUT2D eigenvalue weighted by Gasteiger charge is 2.25. The molecule has 31 heavy (non-hydrogen) atoms. The Morgan fingerprint density at radius 1 is 1.10 bits per heavy atom. The molecule has 2 aliphatic rings. The van der Waals surface area contributed by atoms with E-state index in [1.807, 2.05) is 28.8 Å². The summed E-state index contributed by atoms with van der Waals surface area (Å²) in [7, 11) is 0. The lowest BCUT2D eigenvalue weighted by atomic mass is 10.1. The zero-order chi connectivity index (χ0) is 21.8. The first-order valence-electron chi connectivity index (χ1n) is 10.3. The molecule has 1 heterocycles. The second-order valence-corrected chi connectivity index (χ2v) is 8.95. The highest BCUT2D eigenvalue weighted by molar-refractivity contribution is 7.99. The topological polar surface area (TPSA) is 105 Å². The Hall–Kier alpha value is -3.07. The van der Waals surface area contributed by atoms with E-state index in [-0.39, 0.29) is 23.2 Å². The zero-order valence-electron chi connectivity index (χ0n) is 17.0. The third-order valence-electron chi connectivity index (χ3n) is 5.32. The molecule has 0 aromatic heterocycles. The van der Waals surface area contributed by atoms with Crippen LogP contribution in [0.25, 0.3) is 0 Å². The second kappa shape index (κ2) is 9.38. The van der Waals surface area contributed by atoms with Crippen molar-refractivity contribution in [3.63, 3.8) is 0 Å². The van der Waals surface area contributed by atoms with E-state index in [1.54, 1.807) is 24.3 Å². The summed E-state index contributed by atoms with van der Waals surface area (Å²) in [5.41, 5.74) is 2.00. The summed E-state index contributed by atoms with van der Waals surface area (Å²) >= 11 is 1.86. The van der Waals surface area contributed by atoms with Gasteiger partial charge < -0.3 is 15.5 Å². The number of thioether (sulfide) groups is 1. The molecule has 2 fully saturated rings. The molecular formula is C22H24N4O4S. The van der Waals surface area contributed by atoms with E-state index in [0.29, 0.717) is 17.8 Å². The van der Waals surface area contributed by atoms with Gasteiger partial charge in [0.2, 0.25) is 5.91 Å². The van der Waals surface area contributed by atoms with Crippen LogP contribution >= 0.6 is 11.8 Å². The highest BCUT2D eigenvalue weighted by atomic mass is 32.2. The fourth-order valence-electron chi connectivity index (χ4n) is 3.40. The molecule has 0 radical (unpaired) electrons. The van der Waals surface area contributed by atoms with E-state index >= 15 is 0 Å². The van der Waals surface area contributed by atoms with Crippen LogP contribution in [-0.4, -0.2) is 52.3 Å². The van der Waals surface area contributed by atoms with E-state index < -0.39 is 10.8 Å². The maximum atomic E-state index is 12.6. The minimum atomic E-state index is -0.478. The Kier molecular flexibility index (Phi) is 6.41. The summed E-state index contributed by atoms with van der Waals surface area (Å²) in [6.45, 7) is 1.58. The molecule has 1 saturated carbocycles. The molecule has 0 bridgehead atoms. The van der Waals surface area contributed by atoms with Gasteiger partial charge in [0.25, 0.3) is 11.6 Å². The molecule has 162 valence electrons. The molecule has 2 aromatic carbocycles. The number of hydrogen-bond acceptors (Lipinski definition) is 6. The number of carbonyl (C=O) groups excluding carboxylic acids is 2. The third kappa shape index (κ3) is 5.55. The van der Waals surface area contributed by atoms with Crippen LogP contribution in [0.2, 0.25) is 0 Å². The lowest BCUT2D eigenvalue weighted by Gasteiger charge is -2.26. The molecule has 1 aliphatic heterocycles. The van der Waals surface area contributed by atoms with Crippen LogP contribution in [-0.2, 0) is 11.2 Å². The number of nitrogens with zero attached hydrogens (tertiary/aromatic N) is 2. The van der Waals surface area contributed by atoms with Crippen LogP contribution < -0.4 is 10.6 Å². The Morgan fingerprint density at radius 2 is 1.81 bits per heavy atom. The van der Waals surface area contributed by atoms with Crippen LogP contribution in [0.3, 0.4) is 0 Å². The van der Waals surface area contributed by atoms with Gasteiger partial charge in [-0.15, -0.1) is 0 Å². The van der Waals surface area contributed by atoms with Crippen LogP contribution in [0, 0.1) is 10.1 Å². The molecule has 2 amide bonds. The Bertz CT molecular complexity index is 986. The molecule has 1 aliphatic carbocycles.